The Morgan fingerprint density at radius 2 is 1.94 bits per heavy atom. The van der Waals surface area contributed by atoms with Gasteiger partial charge in [-0.3, -0.25) is 9.78 Å². The van der Waals surface area contributed by atoms with Crippen LogP contribution in [0, 0.1) is 0 Å². The molecule has 0 atom stereocenters. The SMILES string of the molecule is O=C(CNc1ccccc1)c1cccnc1. The summed E-state index contributed by atoms with van der Waals surface area (Å²) in [7, 11) is 0. The van der Waals surface area contributed by atoms with E-state index in [1.165, 1.54) is 0 Å². The average molecular weight is 212 g/mol. The van der Waals surface area contributed by atoms with Gasteiger partial charge in [0, 0.05) is 23.6 Å². The van der Waals surface area contributed by atoms with Gasteiger partial charge in [-0.25, -0.2) is 0 Å². The molecular weight excluding hydrogens is 200 g/mol. The summed E-state index contributed by atoms with van der Waals surface area (Å²) in [5.41, 5.74) is 1.57. The maximum atomic E-state index is 11.7. The van der Waals surface area contributed by atoms with Gasteiger partial charge in [0.2, 0.25) is 0 Å². The molecule has 0 aliphatic heterocycles. The van der Waals surface area contributed by atoms with Crippen molar-refractivity contribution < 1.29 is 4.79 Å². The third-order valence-corrected chi connectivity index (χ3v) is 2.21. The molecule has 3 heteroatoms. The topological polar surface area (TPSA) is 42.0 Å². The number of carbonyl (C=O) groups is 1. The molecule has 2 rings (SSSR count). The minimum atomic E-state index is 0.0388. The van der Waals surface area contributed by atoms with Crippen molar-refractivity contribution in [3.63, 3.8) is 0 Å². The monoisotopic (exact) mass is 212 g/mol. The van der Waals surface area contributed by atoms with Gasteiger partial charge in [0.05, 0.1) is 6.54 Å². The second-order valence-electron chi connectivity index (χ2n) is 3.38. The fraction of sp³-hybridized carbons (Fsp3) is 0.0769. The van der Waals surface area contributed by atoms with Gasteiger partial charge < -0.3 is 5.32 Å². The highest BCUT2D eigenvalue weighted by Crippen LogP contribution is 2.05. The zero-order valence-corrected chi connectivity index (χ0v) is 8.76. The lowest BCUT2D eigenvalue weighted by Gasteiger charge is -2.04. The maximum absolute atomic E-state index is 11.7. The Labute approximate surface area is 94.1 Å². The summed E-state index contributed by atoms with van der Waals surface area (Å²) in [6.45, 7) is 0.287. The van der Waals surface area contributed by atoms with Crippen molar-refractivity contribution in [2.24, 2.45) is 0 Å². The van der Waals surface area contributed by atoms with Gasteiger partial charge in [0.1, 0.15) is 0 Å². The van der Waals surface area contributed by atoms with Gasteiger partial charge >= 0.3 is 0 Å². The molecule has 1 aromatic carbocycles. The van der Waals surface area contributed by atoms with E-state index in [4.69, 9.17) is 0 Å². The van der Waals surface area contributed by atoms with Crippen LogP contribution in [0.2, 0.25) is 0 Å². The highest BCUT2D eigenvalue weighted by Gasteiger charge is 2.04. The highest BCUT2D eigenvalue weighted by atomic mass is 16.1. The Morgan fingerprint density at radius 3 is 2.62 bits per heavy atom. The van der Waals surface area contributed by atoms with Crippen molar-refractivity contribution in [2.75, 3.05) is 11.9 Å². The van der Waals surface area contributed by atoms with Crippen LogP contribution >= 0.6 is 0 Å². The van der Waals surface area contributed by atoms with Crippen molar-refractivity contribution in [3.8, 4) is 0 Å². The van der Waals surface area contributed by atoms with E-state index in [9.17, 15) is 4.79 Å². The predicted molar refractivity (Wildman–Crippen MR) is 63.5 cm³/mol. The van der Waals surface area contributed by atoms with E-state index in [0.29, 0.717) is 5.56 Å². The summed E-state index contributed by atoms with van der Waals surface area (Å²) in [5.74, 6) is 0.0388. The van der Waals surface area contributed by atoms with Gasteiger partial charge in [-0.1, -0.05) is 18.2 Å². The van der Waals surface area contributed by atoms with Gasteiger partial charge in [0.25, 0.3) is 0 Å². The first-order chi connectivity index (χ1) is 7.86. The molecule has 0 aliphatic rings. The lowest BCUT2D eigenvalue weighted by molar-refractivity contribution is 0.101. The fourth-order valence-electron chi connectivity index (χ4n) is 1.37. The Bertz CT molecular complexity index is 454. The number of para-hydroxylation sites is 1. The van der Waals surface area contributed by atoms with E-state index < -0.39 is 0 Å². The van der Waals surface area contributed by atoms with E-state index in [2.05, 4.69) is 10.3 Å². The van der Waals surface area contributed by atoms with Gasteiger partial charge in [-0.05, 0) is 24.3 Å². The summed E-state index contributed by atoms with van der Waals surface area (Å²) in [5, 5.41) is 3.07. The molecule has 1 N–H and O–H groups in total. The first-order valence-corrected chi connectivity index (χ1v) is 5.08. The predicted octanol–water partition coefficient (Wildman–Crippen LogP) is 2.38. The Kier molecular flexibility index (Phi) is 3.28. The molecular formula is C13H12N2O. The molecule has 0 unspecified atom stereocenters. The van der Waals surface area contributed by atoms with E-state index in [0.717, 1.165) is 5.69 Å². The quantitative estimate of drug-likeness (QED) is 0.791. The second-order valence-corrected chi connectivity index (χ2v) is 3.38. The van der Waals surface area contributed by atoms with Crippen molar-refractivity contribution in [3.05, 3.63) is 60.4 Å². The Morgan fingerprint density at radius 1 is 1.12 bits per heavy atom. The molecule has 16 heavy (non-hydrogen) atoms. The Balaban J connectivity index is 1.95. The van der Waals surface area contributed by atoms with Crippen LogP contribution in [0.3, 0.4) is 0 Å². The van der Waals surface area contributed by atoms with Crippen molar-refractivity contribution in [1.82, 2.24) is 4.98 Å². The van der Waals surface area contributed by atoms with E-state index in [1.54, 1.807) is 24.5 Å². The molecule has 0 spiro atoms. The van der Waals surface area contributed by atoms with Crippen LogP contribution in [0.15, 0.2) is 54.9 Å². The van der Waals surface area contributed by atoms with Crippen LogP contribution in [-0.4, -0.2) is 17.3 Å². The number of rotatable bonds is 4. The van der Waals surface area contributed by atoms with Gasteiger partial charge in [-0.2, -0.15) is 0 Å². The summed E-state index contributed by atoms with van der Waals surface area (Å²) in [4.78, 5) is 15.6. The number of anilines is 1. The number of pyridine rings is 1. The minimum absolute atomic E-state index is 0.0388. The highest BCUT2D eigenvalue weighted by molar-refractivity contribution is 5.98. The third kappa shape index (κ3) is 2.67. The summed E-state index contributed by atoms with van der Waals surface area (Å²) < 4.78 is 0. The molecule has 0 aliphatic carbocycles. The van der Waals surface area contributed by atoms with Crippen LogP contribution < -0.4 is 5.32 Å². The number of carbonyl (C=O) groups excluding carboxylic acids is 1. The summed E-state index contributed by atoms with van der Waals surface area (Å²) in [6.07, 6.45) is 3.23. The molecule has 0 radical (unpaired) electrons. The molecule has 1 heterocycles. The molecule has 0 saturated heterocycles. The van der Waals surface area contributed by atoms with E-state index >= 15 is 0 Å². The smallest absolute Gasteiger partial charge is 0.183 e. The van der Waals surface area contributed by atoms with Gasteiger partial charge in [0.15, 0.2) is 5.78 Å². The average Bonchev–Trinajstić information content (AvgIpc) is 2.38. The number of nitrogens with one attached hydrogen (secondary N) is 1. The number of hydrogen-bond donors (Lipinski definition) is 1. The zero-order valence-electron chi connectivity index (χ0n) is 8.76. The van der Waals surface area contributed by atoms with Crippen LogP contribution in [0.5, 0.6) is 0 Å². The number of benzene rings is 1. The molecule has 2 aromatic rings. The number of nitrogens with zero attached hydrogens (tertiary/aromatic N) is 1. The number of ketones is 1. The Hall–Kier alpha value is -2.16. The molecule has 1 aromatic heterocycles. The molecule has 3 nitrogen and oxygen atoms in total. The first-order valence-electron chi connectivity index (χ1n) is 5.08. The largest absolute Gasteiger partial charge is 0.378 e. The van der Waals surface area contributed by atoms with Crippen LogP contribution in [0.4, 0.5) is 5.69 Å². The standard InChI is InChI=1S/C13H12N2O/c16-13(11-5-4-8-14-9-11)10-15-12-6-2-1-3-7-12/h1-9,15H,10H2. The van der Waals surface area contributed by atoms with Crippen LogP contribution in [0.1, 0.15) is 10.4 Å². The molecule has 80 valence electrons. The number of hydrogen-bond acceptors (Lipinski definition) is 3. The maximum Gasteiger partial charge on any atom is 0.183 e. The van der Waals surface area contributed by atoms with Crippen molar-refractivity contribution in [2.45, 2.75) is 0 Å². The summed E-state index contributed by atoms with van der Waals surface area (Å²) in [6, 6.07) is 13.2. The summed E-state index contributed by atoms with van der Waals surface area (Å²) >= 11 is 0. The molecule has 0 bridgehead atoms. The first kappa shape index (κ1) is 10.4. The third-order valence-electron chi connectivity index (χ3n) is 2.21. The fourth-order valence-corrected chi connectivity index (χ4v) is 1.37. The zero-order chi connectivity index (χ0) is 11.2. The normalized spacial score (nSPS) is 9.75. The molecule has 0 saturated carbocycles. The van der Waals surface area contributed by atoms with Crippen molar-refractivity contribution >= 4 is 11.5 Å². The van der Waals surface area contributed by atoms with E-state index in [-0.39, 0.29) is 12.3 Å². The molecule has 0 fully saturated rings. The number of Topliss-reactive ketones (excluding diaryl/α,β-unsaturated/α-hetero) is 1. The molecule has 0 amide bonds. The van der Waals surface area contributed by atoms with Crippen molar-refractivity contribution in [1.29, 1.82) is 0 Å². The number of aromatic nitrogens is 1. The lowest BCUT2D eigenvalue weighted by atomic mass is 10.2. The second kappa shape index (κ2) is 5.07. The van der Waals surface area contributed by atoms with Crippen LogP contribution in [-0.2, 0) is 0 Å². The minimum Gasteiger partial charge on any atom is -0.378 e. The van der Waals surface area contributed by atoms with Crippen LogP contribution in [0.25, 0.3) is 0 Å². The lowest BCUT2D eigenvalue weighted by Crippen LogP contribution is -2.13. The van der Waals surface area contributed by atoms with E-state index in [1.807, 2.05) is 30.3 Å². The van der Waals surface area contributed by atoms with Gasteiger partial charge in [-0.15, -0.1) is 0 Å².